The molecular formula is C10H16BrN3. The maximum atomic E-state index is 5.56. The molecule has 0 aromatic carbocycles. The van der Waals surface area contributed by atoms with Gasteiger partial charge in [-0.05, 0) is 28.8 Å². The molecule has 4 heteroatoms. The molecule has 1 aromatic rings. The Labute approximate surface area is 92.8 Å². The van der Waals surface area contributed by atoms with Crippen LogP contribution in [-0.2, 0) is 6.54 Å². The molecule has 78 valence electrons. The minimum Gasteiger partial charge on any atom is -0.329 e. The summed E-state index contributed by atoms with van der Waals surface area (Å²) in [7, 11) is 0. The molecule has 1 aliphatic carbocycles. The van der Waals surface area contributed by atoms with Gasteiger partial charge >= 0.3 is 0 Å². The van der Waals surface area contributed by atoms with Gasteiger partial charge in [0.25, 0.3) is 0 Å². The topological polar surface area (TPSA) is 43.8 Å². The van der Waals surface area contributed by atoms with Gasteiger partial charge in [0.2, 0.25) is 0 Å². The van der Waals surface area contributed by atoms with Crippen molar-refractivity contribution in [3.63, 3.8) is 0 Å². The van der Waals surface area contributed by atoms with Crippen molar-refractivity contribution in [3.8, 4) is 0 Å². The highest BCUT2D eigenvalue weighted by atomic mass is 79.9. The molecule has 0 radical (unpaired) electrons. The van der Waals surface area contributed by atoms with E-state index in [9.17, 15) is 0 Å². The standard InChI is InChI=1S/C10H16BrN3/c11-9-7-13-14(6-5-12)10(9)8-3-1-2-4-8/h7-8H,1-6,12H2. The van der Waals surface area contributed by atoms with Crippen LogP contribution < -0.4 is 5.73 Å². The van der Waals surface area contributed by atoms with E-state index in [1.54, 1.807) is 0 Å². The normalized spacial score (nSPS) is 17.9. The van der Waals surface area contributed by atoms with Crippen LogP contribution in [0, 0.1) is 0 Å². The molecule has 2 N–H and O–H groups in total. The first-order valence-corrected chi connectivity index (χ1v) is 6.03. The molecule has 1 saturated carbocycles. The van der Waals surface area contributed by atoms with Crippen molar-refractivity contribution in [2.45, 2.75) is 38.1 Å². The van der Waals surface area contributed by atoms with E-state index in [1.807, 2.05) is 6.20 Å². The second-order valence-electron chi connectivity index (χ2n) is 3.87. The van der Waals surface area contributed by atoms with Crippen molar-refractivity contribution in [1.82, 2.24) is 9.78 Å². The van der Waals surface area contributed by atoms with E-state index < -0.39 is 0 Å². The first-order chi connectivity index (χ1) is 6.83. The van der Waals surface area contributed by atoms with E-state index in [1.165, 1.54) is 31.4 Å². The van der Waals surface area contributed by atoms with Gasteiger partial charge in [0.15, 0.2) is 0 Å². The SMILES string of the molecule is NCCn1ncc(Br)c1C1CCCC1. The Morgan fingerprint density at radius 2 is 2.21 bits per heavy atom. The Kier molecular flexibility index (Phi) is 3.23. The summed E-state index contributed by atoms with van der Waals surface area (Å²) in [5.74, 6) is 0.693. The summed E-state index contributed by atoms with van der Waals surface area (Å²) in [5.41, 5.74) is 6.92. The fourth-order valence-corrected chi connectivity index (χ4v) is 2.90. The zero-order chi connectivity index (χ0) is 9.97. The van der Waals surface area contributed by atoms with Crippen LogP contribution in [0.1, 0.15) is 37.3 Å². The molecule has 14 heavy (non-hydrogen) atoms. The summed E-state index contributed by atoms with van der Waals surface area (Å²) in [6.07, 6.45) is 7.20. The van der Waals surface area contributed by atoms with E-state index in [2.05, 4.69) is 25.7 Å². The fourth-order valence-electron chi connectivity index (χ4n) is 2.28. The number of halogens is 1. The Morgan fingerprint density at radius 1 is 1.50 bits per heavy atom. The van der Waals surface area contributed by atoms with Crippen LogP contribution in [0.25, 0.3) is 0 Å². The highest BCUT2D eigenvalue weighted by Crippen LogP contribution is 2.37. The van der Waals surface area contributed by atoms with Crippen LogP contribution >= 0.6 is 15.9 Å². The Bertz CT molecular complexity index is 302. The highest BCUT2D eigenvalue weighted by Gasteiger charge is 2.23. The largest absolute Gasteiger partial charge is 0.329 e. The molecule has 0 unspecified atom stereocenters. The monoisotopic (exact) mass is 257 g/mol. The Hall–Kier alpha value is -0.350. The Balaban J connectivity index is 2.24. The average molecular weight is 258 g/mol. The maximum Gasteiger partial charge on any atom is 0.0635 e. The number of nitrogens with zero attached hydrogens (tertiary/aromatic N) is 2. The smallest absolute Gasteiger partial charge is 0.0635 e. The second-order valence-corrected chi connectivity index (χ2v) is 4.73. The lowest BCUT2D eigenvalue weighted by atomic mass is 10.0. The molecule has 1 aliphatic rings. The summed E-state index contributed by atoms with van der Waals surface area (Å²) >= 11 is 3.57. The number of nitrogens with two attached hydrogens (primary N) is 1. The van der Waals surface area contributed by atoms with Gasteiger partial charge in [-0.25, -0.2) is 0 Å². The summed E-state index contributed by atoms with van der Waals surface area (Å²) in [5, 5.41) is 4.34. The predicted octanol–water partition coefficient (Wildman–Crippen LogP) is 2.26. The van der Waals surface area contributed by atoms with Crippen LogP contribution in [-0.4, -0.2) is 16.3 Å². The quantitative estimate of drug-likeness (QED) is 0.903. The average Bonchev–Trinajstić information content (AvgIpc) is 2.76. The van der Waals surface area contributed by atoms with Crippen molar-refractivity contribution in [3.05, 3.63) is 16.4 Å². The molecule has 0 saturated heterocycles. The van der Waals surface area contributed by atoms with E-state index in [-0.39, 0.29) is 0 Å². The minimum atomic E-state index is 0.661. The molecule has 0 bridgehead atoms. The Morgan fingerprint density at radius 3 is 2.86 bits per heavy atom. The van der Waals surface area contributed by atoms with E-state index in [0.29, 0.717) is 12.5 Å². The lowest BCUT2D eigenvalue weighted by Gasteiger charge is -2.12. The lowest BCUT2D eigenvalue weighted by molar-refractivity contribution is 0.550. The number of hydrogen-bond donors (Lipinski definition) is 1. The van der Waals surface area contributed by atoms with Gasteiger partial charge in [-0.2, -0.15) is 5.10 Å². The molecule has 1 fully saturated rings. The first kappa shape index (κ1) is 10.2. The van der Waals surface area contributed by atoms with Crippen molar-refractivity contribution >= 4 is 15.9 Å². The molecule has 0 atom stereocenters. The zero-order valence-corrected chi connectivity index (χ0v) is 9.83. The molecule has 1 aromatic heterocycles. The summed E-state index contributed by atoms with van der Waals surface area (Å²) in [4.78, 5) is 0. The molecule has 0 amide bonds. The molecule has 1 heterocycles. The first-order valence-electron chi connectivity index (χ1n) is 5.24. The zero-order valence-electron chi connectivity index (χ0n) is 8.25. The minimum absolute atomic E-state index is 0.661. The third kappa shape index (κ3) is 1.86. The fraction of sp³-hybridized carbons (Fsp3) is 0.700. The van der Waals surface area contributed by atoms with Crippen LogP contribution in [0.4, 0.5) is 0 Å². The number of aromatic nitrogens is 2. The van der Waals surface area contributed by atoms with Gasteiger partial charge in [0.1, 0.15) is 0 Å². The lowest BCUT2D eigenvalue weighted by Crippen LogP contribution is -2.15. The molecule has 2 rings (SSSR count). The van der Waals surface area contributed by atoms with Crippen LogP contribution in [0.15, 0.2) is 10.7 Å². The van der Waals surface area contributed by atoms with Gasteiger partial charge < -0.3 is 5.73 Å². The van der Waals surface area contributed by atoms with Crippen molar-refractivity contribution < 1.29 is 0 Å². The van der Waals surface area contributed by atoms with Crippen LogP contribution in [0.2, 0.25) is 0 Å². The van der Waals surface area contributed by atoms with Crippen LogP contribution in [0.3, 0.4) is 0 Å². The third-order valence-corrected chi connectivity index (χ3v) is 3.53. The van der Waals surface area contributed by atoms with E-state index in [0.717, 1.165) is 11.0 Å². The van der Waals surface area contributed by atoms with Crippen LogP contribution in [0.5, 0.6) is 0 Å². The molecule has 0 spiro atoms. The second kappa shape index (κ2) is 4.45. The third-order valence-electron chi connectivity index (χ3n) is 2.92. The number of hydrogen-bond acceptors (Lipinski definition) is 2. The predicted molar refractivity (Wildman–Crippen MR) is 60.2 cm³/mol. The summed E-state index contributed by atoms with van der Waals surface area (Å²) in [6, 6.07) is 0. The van der Waals surface area contributed by atoms with Crippen molar-refractivity contribution in [2.75, 3.05) is 6.54 Å². The highest BCUT2D eigenvalue weighted by molar-refractivity contribution is 9.10. The maximum absolute atomic E-state index is 5.56. The summed E-state index contributed by atoms with van der Waals surface area (Å²) in [6.45, 7) is 1.49. The molecule has 0 aliphatic heterocycles. The van der Waals surface area contributed by atoms with Gasteiger partial charge in [-0.3, -0.25) is 4.68 Å². The van der Waals surface area contributed by atoms with Gasteiger partial charge in [-0.15, -0.1) is 0 Å². The van der Waals surface area contributed by atoms with E-state index >= 15 is 0 Å². The van der Waals surface area contributed by atoms with Gasteiger partial charge in [0, 0.05) is 12.5 Å². The van der Waals surface area contributed by atoms with Crippen molar-refractivity contribution in [1.29, 1.82) is 0 Å². The van der Waals surface area contributed by atoms with Gasteiger partial charge in [-0.1, -0.05) is 12.8 Å². The molecular weight excluding hydrogens is 242 g/mol. The van der Waals surface area contributed by atoms with Gasteiger partial charge in [0.05, 0.1) is 22.9 Å². The molecule has 3 nitrogen and oxygen atoms in total. The number of rotatable bonds is 3. The van der Waals surface area contributed by atoms with E-state index in [4.69, 9.17) is 5.73 Å². The summed E-state index contributed by atoms with van der Waals surface area (Å²) < 4.78 is 3.21. The van der Waals surface area contributed by atoms with Crippen molar-refractivity contribution in [2.24, 2.45) is 5.73 Å².